The minimum atomic E-state index is -0.995. The Kier molecular flexibility index (Phi) is 9.03. The molecule has 49 heavy (non-hydrogen) atoms. The summed E-state index contributed by atoms with van der Waals surface area (Å²) in [4.78, 5) is 27.0. The van der Waals surface area contributed by atoms with Crippen LogP contribution in [0.1, 0.15) is 62.4 Å². The van der Waals surface area contributed by atoms with E-state index >= 15 is 4.39 Å². The number of nitrogens with zero attached hydrogens (tertiary/aromatic N) is 6. The Morgan fingerprint density at radius 2 is 1.84 bits per heavy atom. The molecule has 0 unspecified atom stereocenters. The average molecular weight is 693 g/mol. The molecule has 3 aliphatic rings. The van der Waals surface area contributed by atoms with Crippen LogP contribution in [-0.2, 0) is 29.4 Å². The summed E-state index contributed by atoms with van der Waals surface area (Å²) in [6.45, 7) is 15.1. The molecule has 6 heterocycles. The number of rotatable bonds is 7. The number of benzene rings is 1. The van der Waals surface area contributed by atoms with Gasteiger partial charge < -0.3 is 28.8 Å². The number of anilines is 1. The van der Waals surface area contributed by atoms with E-state index in [1.54, 1.807) is 0 Å². The molecule has 4 aromatic rings. The van der Waals surface area contributed by atoms with Crippen LogP contribution in [0.25, 0.3) is 32.9 Å². The standard InChI is InChI=1S/C36H45FN6O5S/c1-20-23-8-7-15-47-31(23)30(37)32(48-36(3,4)5)28(20)29-24(19-27(44)45)21(2)38-33-25(29)18-26(41(33)6)34-39-35(40-49-34)43-13-11-42(12-14-43)22-9-16-46-17-10-22/h18,22H,7-17,19H2,1-6H3,(H,44,45). The minimum Gasteiger partial charge on any atom is -0.490 e. The third-order valence-electron chi connectivity index (χ3n) is 9.95. The van der Waals surface area contributed by atoms with Gasteiger partial charge in [0.25, 0.3) is 0 Å². The molecule has 11 nitrogen and oxygen atoms in total. The summed E-state index contributed by atoms with van der Waals surface area (Å²) in [6.07, 6.45) is 3.30. The maximum atomic E-state index is 16.5. The molecule has 7 rings (SSSR count). The fraction of sp³-hybridized carbons (Fsp3) is 0.556. The van der Waals surface area contributed by atoms with Gasteiger partial charge in [0.2, 0.25) is 11.8 Å². The fourth-order valence-corrected chi connectivity index (χ4v) is 8.28. The van der Waals surface area contributed by atoms with E-state index in [9.17, 15) is 9.90 Å². The lowest BCUT2D eigenvalue weighted by atomic mass is 9.86. The molecule has 0 aliphatic carbocycles. The van der Waals surface area contributed by atoms with Gasteiger partial charge in [-0.1, -0.05) is 0 Å². The number of aliphatic carboxylic acids is 1. The molecule has 1 N–H and O–H groups in total. The van der Waals surface area contributed by atoms with Gasteiger partial charge in [-0.2, -0.15) is 13.7 Å². The van der Waals surface area contributed by atoms with Gasteiger partial charge in [0, 0.05) is 80.3 Å². The van der Waals surface area contributed by atoms with Crippen molar-refractivity contribution in [3.63, 3.8) is 0 Å². The molecule has 3 aromatic heterocycles. The second kappa shape index (κ2) is 13.1. The second-order valence-corrected chi connectivity index (χ2v) is 15.1. The highest BCUT2D eigenvalue weighted by atomic mass is 32.1. The van der Waals surface area contributed by atoms with Gasteiger partial charge in [0.1, 0.15) is 11.2 Å². The predicted molar refractivity (Wildman–Crippen MR) is 188 cm³/mol. The second-order valence-electron chi connectivity index (χ2n) is 14.3. The van der Waals surface area contributed by atoms with Crippen molar-refractivity contribution in [2.45, 2.75) is 78.4 Å². The maximum absolute atomic E-state index is 16.5. The average Bonchev–Trinajstić information content (AvgIpc) is 3.69. The molecule has 3 aliphatic heterocycles. The third kappa shape index (κ3) is 6.36. The molecular weight excluding hydrogens is 647 g/mol. The smallest absolute Gasteiger partial charge is 0.307 e. The molecule has 262 valence electrons. The Bertz CT molecular complexity index is 1900. The summed E-state index contributed by atoms with van der Waals surface area (Å²) in [7, 11) is 1.93. The van der Waals surface area contributed by atoms with E-state index in [4.69, 9.17) is 28.6 Å². The van der Waals surface area contributed by atoms with E-state index in [0.29, 0.717) is 58.4 Å². The number of carbonyl (C=O) groups is 1. The lowest BCUT2D eigenvalue weighted by molar-refractivity contribution is -0.136. The number of ether oxygens (including phenoxy) is 3. The molecule has 13 heteroatoms. The Hall–Kier alpha value is -3.81. The van der Waals surface area contributed by atoms with Crippen molar-refractivity contribution in [3.8, 4) is 33.3 Å². The normalized spacial score (nSPS) is 17.7. The lowest BCUT2D eigenvalue weighted by Crippen LogP contribution is -2.51. The van der Waals surface area contributed by atoms with E-state index in [-0.39, 0.29) is 17.9 Å². The first-order chi connectivity index (χ1) is 23.4. The van der Waals surface area contributed by atoms with Gasteiger partial charge in [-0.3, -0.25) is 9.69 Å². The molecule has 0 atom stereocenters. The van der Waals surface area contributed by atoms with Crippen LogP contribution >= 0.6 is 11.5 Å². The first-order valence-electron chi connectivity index (χ1n) is 17.2. The van der Waals surface area contributed by atoms with Crippen LogP contribution in [0.5, 0.6) is 11.5 Å². The molecule has 0 radical (unpaired) electrons. The van der Waals surface area contributed by atoms with Crippen molar-refractivity contribution in [3.05, 3.63) is 34.3 Å². The van der Waals surface area contributed by atoms with Crippen LogP contribution in [0, 0.1) is 19.7 Å². The predicted octanol–water partition coefficient (Wildman–Crippen LogP) is 5.95. The van der Waals surface area contributed by atoms with E-state index in [2.05, 4.69) is 9.80 Å². The molecule has 0 saturated carbocycles. The molecule has 0 amide bonds. The van der Waals surface area contributed by atoms with Crippen molar-refractivity contribution >= 4 is 34.5 Å². The van der Waals surface area contributed by atoms with Crippen LogP contribution in [-0.4, -0.2) is 92.5 Å². The van der Waals surface area contributed by atoms with Gasteiger partial charge >= 0.3 is 5.97 Å². The van der Waals surface area contributed by atoms with Crippen molar-refractivity contribution < 1.29 is 28.5 Å². The zero-order chi connectivity index (χ0) is 34.6. The largest absolute Gasteiger partial charge is 0.490 e. The quantitative estimate of drug-likeness (QED) is 0.249. The van der Waals surface area contributed by atoms with Crippen molar-refractivity contribution in [2.75, 3.05) is 50.9 Å². The lowest BCUT2D eigenvalue weighted by Gasteiger charge is -2.40. The van der Waals surface area contributed by atoms with Gasteiger partial charge in [0.15, 0.2) is 16.5 Å². The first kappa shape index (κ1) is 33.7. The highest BCUT2D eigenvalue weighted by Gasteiger charge is 2.34. The molecule has 1 aromatic carbocycles. The Morgan fingerprint density at radius 3 is 2.53 bits per heavy atom. The van der Waals surface area contributed by atoms with Crippen molar-refractivity contribution in [2.24, 2.45) is 7.05 Å². The number of hydrogen-bond donors (Lipinski definition) is 1. The summed E-state index contributed by atoms with van der Waals surface area (Å²) in [6, 6.07) is 2.57. The summed E-state index contributed by atoms with van der Waals surface area (Å²) < 4.78 is 41.1. The minimum absolute atomic E-state index is 0.0627. The van der Waals surface area contributed by atoms with E-state index in [0.717, 1.165) is 80.5 Å². The number of hydrogen-bond acceptors (Lipinski definition) is 10. The highest BCUT2D eigenvalue weighted by molar-refractivity contribution is 7.09. The Labute approximate surface area is 290 Å². The van der Waals surface area contributed by atoms with Gasteiger partial charge in [0.05, 0.1) is 18.7 Å². The fourth-order valence-electron chi connectivity index (χ4n) is 7.54. The zero-order valence-corrected chi connectivity index (χ0v) is 30.0. The number of aryl methyl sites for hydroxylation is 2. The molecule has 0 spiro atoms. The van der Waals surface area contributed by atoms with Gasteiger partial charge in [-0.15, -0.1) is 0 Å². The van der Waals surface area contributed by atoms with Crippen molar-refractivity contribution in [1.29, 1.82) is 0 Å². The van der Waals surface area contributed by atoms with E-state index in [1.165, 1.54) is 11.5 Å². The summed E-state index contributed by atoms with van der Waals surface area (Å²) in [5.41, 5.74) is 4.56. The van der Waals surface area contributed by atoms with Crippen LogP contribution in [0.3, 0.4) is 0 Å². The first-order valence-corrected chi connectivity index (χ1v) is 18.0. The van der Waals surface area contributed by atoms with Crippen molar-refractivity contribution in [1.82, 2.24) is 23.8 Å². The molecular formula is C36H45FN6O5S. The van der Waals surface area contributed by atoms with Crippen LogP contribution in [0.15, 0.2) is 6.07 Å². The van der Waals surface area contributed by atoms with Gasteiger partial charge in [-0.05, 0) is 89.0 Å². The SMILES string of the molecule is Cc1nc2c(cc(-c3nc(N4CCN(C5CCOCC5)CC4)ns3)n2C)c(-c2c(C)c3c(c(F)c2OC(C)(C)C)OCCC3)c1CC(=O)O. The Morgan fingerprint density at radius 1 is 1.10 bits per heavy atom. The number of carboxylic acids is 1. The molecule has 2 fully saturated rings. The van der Waals surface area contributed by atoms with Crippen LogP contribution in [0.2, 0.25) is 0 Å². The number of halogens is 1. The molecule has 0 bridgehead atoms. The maximum Gasteiger partial charge on any atom is 0.307 e. The number of piperazine rings is 1. The topological polar surface area (TPSA) is 115 Å². The van der Waals surface area contributed by atoms with Gasteiger partial charge in [-0.25, -0.2) is 4.98 Å². The monoisotopic (exact) mass is 692 g/mol. The van der Waals surface area contributed by atoms with E-state index in [1.807, 2.05) is 52.3 Å². The van der Waals surface area contributed by atoms with Crippen LogP contribution < -0.4 is 14.4 Å². The third-order valence-corrected chi connectivity index (χ3v) is 10.7. The summed E-state index contributed by atoms with van der Waals surface area (Å²) in [5.74, 6) is -0.563. The molecule has 2 saturated heterocycles. The number of fused-ring (bicyclic) bond motifs is 2. The number of aromatic nitrogens is 4. The highest BCUT2D eigenvalue weighted by Crippen LogP contribution is 2.49. The number of carboxylic acid groups (broad SMARTS) is 1. The van der Waals surface area contributed by atoms with Crippen LogP contribution in [0.4, 0.5) is 10.3 Å². The number of pyridine rings is 1. The summed E-state index contributed by atoms with van der Waals surface area (Å²) in [5, 5.41) is 11.5. The van der Waals surface area contributed by atoms with E-state index < -0.39 is 17.4 Å². The zero-order valence-electron chi connectivity index (χ0n) is 29.2. The summed E-state index contributed by atoms with van der Waals surface area (Å²) >= 11 is 1.33. The Balaban J connectivity index is 1.34.